The number of phosphoric ester groups is 2. The normalized spacial score (nSPS) is 30.1. The lowest BCUT2D eigenvalue weighted by Crippen LogP contribution is -2.48. The summed E-state index contributed by atoms with van der Waals surface area (Å²) in [5, 5.41) is 21.0. The minimum absolute atomic E-state index is 0.0161. The topological polar surface area (TPSA) is 404 Å². The zero-order valence-electron chi connectivity index (χ0n) is 26.0. The fraction of sp³-hybridized carbons (Fsp3) is 0.524. The summed E-state index contributed by atoms with van der Waals surface area (Å²) < 4.78 is 84.2. The van der Waals surface area contributed by atoms with Crippen molar-refractivity contribution in [3.05, 3.63) is 33.4 Å². The fourth-order valence-corrected chi connectivity index (χ4v) is 8.97. The fourth-order valence-electron chi connectivity index (χ4n) is 5.45. The van der Waals surface area contributed by atoms with Gasteiger partial charge in [-0.25, -0.2) is 27.6 Å². The van der Waals surface area contributed by atoms with Gasteiger partial charge in [0.2, 0.25) is 17.7 Å². The maximum Gasteiger partial charge on any atom is 0.490 e. The standard InChI is InChI=1S/C21H29FN11O16P3/c1-31-5-33(15-11(31)17(37)30-21(25)28-15)19-13(35)9(23)6(46-19)2-44-50(38,39)48-52(42,43)49-51(40,41)45-3-7-12(34)8(22)18(47-7)32-4-26-10-14(32)27-20(24)29-16(10)36/h4-9,12-13,18-19,34-35H,2-3,23H2,1H3,(H8-,24,25,27,28,29,30,36,37,38,39,40,41,42,43)/p+1/t6-,7-,8-,9-,12-,13?,18-,19-/m1/s1. The smallest absolute Gasteiger partial charge is 0.387 e. The Morgan fingerprint density at radius 1 is 0.942 bits per heavy atom. The molecule has 2 fully saturated rings. The number of nitrogens with one attached hydrogen (secondary N) is 2. The molecule has 0 aliphatic carbocycles. The van der Waals surface area contributed by atoms with Gasteiger partial charge in [-0.3, -0.25) is 37.7 Å². The zero-order valence-corrected chi connectivity index (χ0v) is 28.7. The predicted molar refractivity (Wildman–Crippen MR) is 165 cm³/mol. The number of aromatic nitrogens is 8. The summed E-state index contributed by atoms with van der Waals surface area (Å²) in [5.41, 5.74) is 15.3. The molecule has 0 saturated carbocycles. The summed E-state index contributed by atoms with van der Waals surface area (Å²) in [7, 11) is -15.9. The Balaban J connectivity index is 1.05. The number of aryl methyl sites for hydroxylation is 1. The molecule has 4 unspecified atom stereocenters. The Bertz CT molecular complexity index is 2280. The number of aliphatic hydroxyl groups is 2. The molecule has 4 aromatic rings. The molecule has 286 valence electrons. The van der Waals surface area contributed by atoms with Crippen LogP contribution in [0.5, 0.6) is 0 Å². The first-order chi connectivity index (χ1) is 24.2. The molecular weight excluding hydrogens is 774 g/mol. The van der Waals surface area contributed by atoms with Crippen LogP contribution in [0.2, 0.25) is 0 Å². The van der Waals surface area contributed by atoms with Crippen molar-refractivity contribution in [2.24, 2.45) is 12.8 Å². The van der Waals surface area contributed by atoms with Crippen molar-refractivity contribution in [1.82, 2.24) is 34.1 Å². The monoisotopic (exact) mass is 804 g/mol. The van der Waals surface area contributed by atoms with E-state index in [1.165, 1.54) is 22.5 Å². The number of rotatable bonds is 12. The summed E-state index contributed by atoms with van der Waals surface area (Å²) >= 11 is 0. The Morgan fingerprint density at radius 3 is 2.19 bits per heavy atom. The Morgan fingerprint density at radius 2 is 1.54 bits per heavy atom. The molecule has 4 aromatic heterocycles. The SMILES string of the molecule is Cn1c[n+]([C@@H]2O[C@H](COP(=O)(O)OP(=O)(O)OP(=O)(O)OC[C@H]3O[C@@H](n4cnc5c(=O)[nH]c(N)nc54)[C@H](F)[C@@H]3O)[C@@H](N)C2O)c2nc(N)[nH]c(=O)c21. The number of nitrogen functional groups attached to an aromatic ring is 2. The molecule has 0 bridgehead atoms. The molecule has 13 N–H and O–H groups in total. The second-order valence-corrected chi connectivity index (χ2v) is 16.0. The average molecular weight is 804 g/mol. The molecule has 0 amide bonds. The largest absolute Gasteiger partial charge is 0.490 e. The average Bonchev–Trinajstić information content (AvgIpc) is 3.74. The van der Waals surface area contributed by atoms with E-state index in [0.29, 0.717) is 0 Å². The Kier molecular flexibility index (Phi) is 10.1. The molecule has 11 atom stereocenters. The van der Waals surface area contributed by atoms with Gasteiger partial charge >= 0.3 is 29.1 Å². The molecular formula is C21H30FN11O16P3+. The van der Waals surface area contributed by atoms with Gasteiger partial charge in [0.1, 0.15) is 24.4 Å². The number of nitrogens with zero attached hydrogens (tertiary/aromatic N) is 6. The van der Waals surface area contributed by atoms with Crippen LogP contribution in [-0.4, -0.2) is 109 Å². The van der Waals surface area contributed by atoms with Crippen molar-refractivity contribution < 1.29 is 74.7 Å². The Labute approximate surface area is 286 Å². The van der Waals surface area contributed by atoms with Crippen LogP contribution in [0, 0.1) is 0 Å². The zero-order chi connectivity index (χ0) is 38.1. The van der Waals surface area contributed by atoms with Gasteiger partial charge in [0.15, 0.2) is 29.9 Å². The summed E-state index contributed by atoms with van der Waals surface area (Å²) in [6.45, 7) is -2.13. The van der Waals surface area contributed by atoms with Gasteiger partial charge in [0, 0.05) is 0 Å². The number of H-pyrrole nitrogens is 2. The maximum atomic E-state index is 15.0. The highest BCUT2D eigenvalue weighted by atomic mass is 31.3. The van der Waals surface area contributed by atoms with E-state index in [1.54, 1.807) is 0 Å². The van der Waals surface area contributed by atoms with E-state index in [4.69, 9.17) is 26.7 Å². The predicted octanol–water partition coefficient (Wildman–Crippen LogP) is -3.60. The number of aliphatic hydroxyl groups excluding tert-OH is 2. The lowest BCUT2D eigenvalue weighted by molar-refractivity contribution is -0.745. The van der Waals surface area contributed by atoms with E-state index in [2.05, 4.69) is 42.6 Å². The van der Waals surface area contributed by atoms with Crippen molar-refractivity contribution >= 4 is 57.7 Å². The molecule has 0 aromatic carbocycles. The third-order valence-corrected chi connectivity index (χ3v) is 12.0. The van der Waals surface area contributed by atoms with Crippen molar-refractivity contribution in [2.75, 3.05) is 24.7 Å². The molecule has 2 saturated heterocycles. The molecule has 27 nitrogen and oxygen atoms in total. The van der Waals surface area contributed by atoms with Crippen LogP contribution in [0.1, 0.15) is 12.5 Å². The lowest BCUT2D eigenvalue weighted by Gasteiger charge is -2.21. The van der Waals surface area contributed by atoms with Gasteiger partial charge in [-0.05, 0) is 0 Å². The number of phosphoric acid groups is 3. The number of fused-ring (bicyclic) bond motifs is 2. The van der Waals surface area contributed by atoms with Gasteiger partial charge in [0.25, 0.3) is 17.1 Å². The molecule has 2 aliphatic heterocycles. The number of ether oxygens (including phenoxy) is 2. The molecule has 2 aliphatic rings. The van der Waals surface area contributed by atoms with Crippen LogP contribution >= 0.6 is 23.5 Å². The molecule has 31 heteroatoms. The number of alkyl halides is 1. The summed E-state index contributed by atoms with van der Waals surface area (Å²) in [5.74, 6) is -0.599. The number of nitrogens with two attached hydrogens (primary N) is 3. The van der Waals surface area contributed by atoms with Crippen molar-refractivity contribution in [1.29, 1.82) is 0 Å². The van der Waals surface area contributed by atoms with Crippen molar-refractivity contribution in [3.8, 4) is 0 Å². The van der Waals surface area contributed by atoms with Gasteiger partial charge in [-0.15, -0.1) is 0 Å². The van der Waals surface area contributed by atoms with E-state index in [-0.39, 0.29) is 34.2 Å². The third-order valence-electron chi connectivity index (χ3n) is 7.73. The van der Waals surface area contributed by atoms with Gasteiger partial charge in [0.05, 0.1) is 32.6 Å². The van der Waals surface area contributed by atoms with E-state index >= 15 is 4.39 Å². The lowest BCUT2D eigenvalue weighted by atomic mass is 10.1. The quantitative estimate of drug-likeness (QED) is 0.0488. The highest BCUT2D eigenvalue weighted by Crippen LogP contribution is 2.67. The molecule has 0 spiro atoms. The van der Waals surface area contributed by atoms with Crippen LogP contribution in [0.15, 0.2) is 22.2 Å². The van der Waals surface area contributed by atoms with E-state index in [1.807, 2.05) is 0 Å². The maximum absolute atomic E-state index is 15.0. The Hall–Kier alpha value is -3.56. The minimum atomic E-state index is -6.00. The minimum Gasteiger partial charge on any atom is -0.387 e. The molecule has 0 radical (unpaired) electrons. The van der Waals surface area contributed by atoms with Crippen LogP contribution in [0.3, 0.4) is 0 Å². The molecule has 6 heterocycles. The van der Waals surface area contributed by atoms with Crippen LogP contribution < -0.4 is 32.9 Å². The van der Waals surface area contributed by atoms with E-state index < -0.39 is 96.9 Å². The summed E-state index contributed by atoms with van der Waals surface area (Å²) in [6.07, 6.45) is -9.70. The summed E-state index contributed by atoms with van der Waals surface area (Å²) in [6, 6.07) is -1.32. The first-order valence-electron chi connectivity index (χ1n) is 14.4. The van der Waals surface area contributed by atoms with Crippen LogP contribution in [-0.2, 0) is 47.9 Å². The number of halogens is 1. The molecule has 6 rings (SSSR count). The number of aromatic amines is 2. The van der Waals surface area contributed by atoms with Gasteiger partial charge in [-0.2, -0.15) is 13.6 Å². The highest BCUT2D eigenvalue weighted by Gasteiger charge is 2.50. The van der Waals surface area contributed by atoms with Crippen LogP contribution in [0.4, 0.5) is 16.3 Å². The number of hydrogen-bond donors (Lipinski definition) is 10. The van der Waals surface area contributed by atoms with E-state index in [0.717, 1.165) is 10.9 Å². The van der Waals surface area contributed by atoms with Gasteiger partial charge in [-0.1, -0.05) is 4.98 Å². The number of anilines is 2. The first-order valence-corrected chi connectivity index (χ1v) is 18.9. The summed E-state index contributed by atoms with van der Waals surface area (Å²) in [4.78, 5) is 70.5. The number of hydrogen-bond acceptors (Lipinski definition) is 19. The van der Waals surface area contributed by atoms with Gasteiger partial charge < -0.3 is 51.6 Å². The van der Waals surface area contributed by atoms with Crippen molar-refractivity contribution in [3.63, 3.8) is 0 Å². The van der Waals surface area contributed by atoms with E-state index in [9.17, 15) is 48.2 Å². The first kappa shape index (κ1) is 38.2. The van der Waals surface area contributed by atoms with Crippen molar-refractivity contribution in [2.45, 2.75) is 49.1 Å². The second kappa shape index (κ2) is 13.7. The number of imidazole rings is 2. The molecule has 52 heavy (non-hydrogen) atoms. The van der Waals surface area contributed by atoms with Crippen LogP contribution in [0.25, 0.3) is 22.3 Å². The second-order valence-electron chi connectivity index (χ2n) is 11.3. The highest BCUT2D eigenvalue weighted by molar-refractivity contribution is 7.66. The third kappa shape index (κ3) is 7.45.